The Morgan fingerprint density at radius 2 is 0.964 bits per heavy atom. The van der Waals surface area contributed by atoms with Gasteiger partial charge < -0.3 is 9.47 Å². The Morgan fingerprint density at radius 1 is 0.643 bits per heavy atom. The molecule has 0 unspecified atom stereocenters. The first-order valence-electron chi connectivity index (χ1n) is 11.4. The van der Waals surface area contributed by atoms with E-state index in [4.69, 9.17) is 9.47 Å². The first-order valence-corrected chi connectivity index (χ1v) is 11.4. The molecule has 0 spiro atoms. The summed E-state index contributed by atoms with van der Waals surface area (Å²) in [6.45, 7) is 13.7. The molecule has 0 fully saturated rings. The molecular weight excluding hydrogens is 352 g/mol. The third-order valence-corrected chi connectivity index (χ3v) is 6.52. The van der Waals surface area contributed by atoms with Gasteiger partial charge in [-0.25, -0.2) is 9.59 Å². The van der Waals surface area contributed by atoms with Gasteiger partial charge in [-0.05, 0) is 38.5 Å². The first-order chi connectivity index (χ1) is 13.4. The highest BCUT2D eigenvalue weighted by molar-refractivity contribution is 5.91. The predicted molar refractivity (Wildman–Crippen MR) is 116 cm³/mol. The van der Waals surface area contributed by atoms with Crippen LogP contribution in [0.1, 0.15) is 106 Å². The molecule has 0 aromatic rings. The van der Waals surface area contributed by atoms with Crippen molar-refractivity contribution in [2.45, 2.75) is 106 Å². The van der Waals surface area contributed by atoms with Gasteiger partial charge >= 0.3 is 11.9 Å². The lowest BCUT2D eigenvalue weighted by atomic mass is 9.78. The van der Waals surface area contributed by atoms with Crippen molar-refractivity contribution in [1.82, 2.24) is 0 Å². The summed E-state index contributed by atoms with van der Waals surface area (Å²) in [6, 6.07) is 0. The number of unbranched alkanes of at least 4 members (excludes halogenated alkanes) is 2. The maximum absolute atomic E-state index is 12.0. The molecule has 0 saturated heterocycles. The molecule has 0 aliphatic carbocycles. The highest BCUT2D eigenvalue weighted by Crippen LogP contribution is 2.34. The van der Waals surface area contributed by atoms with Gasteiger partial charge in [0.05, 0.1) is 13.2 Å². The van der Waals surface area contributed by atoms with E-state index < -0.39 is 11.9 Å². The van der Waals surface area contributed by atoms with Gasteiger partial charge in [-0.2, -0.15) is 0 Å². The molecule has 28 heavy (non-hydrogen) atoms. The highest BCUT2D eigenvalue weighted by Gasteiger charge is 2.28. The molecule has 0 aliphatic heterocycles. The van der Waals surface area contributed by atoms with Gasteiger partial charge in [0.2, 0.25) is 0 Å². The number of hydrogen-bond acceptors (Lipinski definition) is 4. The number of hydrogen-bond donors (Lipinski definition) is 0. The van der Waals surface area contributed by atoms with Gasteiger partial charge in [0.1, 0.15) is 0 Å². The Morgan fingerprint density at radius 3 is 1.21 bits per heavy atom. The molecule has 0 aliphatic rings. The summed E-state index contributed by atoms with van der Waals surface area (Å²) >= 11 is 0. The molecule has 0 atom stereocenters. The van der Waals surface area contributed by atoms with Crippen molar-refractivity contribution in [2.75, 3.05) is 13.2 Å². The molecule has 4 nitrogen and oxygen atoms in total. The summed E-state index contributed by atoms with van der Waals surface area (Å²) in [6.07, 6.45) is 13.0. The van der Waals surface area contributed by atoms with E-state index in [2.05, 4.69) is 41.5 Å². The number of ether oxygens (including phenoxy) is 2. The fourth-order valence-electron chi connectivity index (χ4n) is 3.54. The molecule has 0 aromatic carbocycles. The third kappa shape index (κ3) is 9.75. The topological polar surface area (TPSA) is 52.6 Å². The van der Waals surface area contributed by atoms with Crippen LogP contribution in [0.4, 0.5) is 0 Å². The van der Waals surface area contributed by atoms with Crippen molar-refractivity contribution in [2.24, 2.45) is 10.8 Å². The van der Waals surface area contributed by atoms with Crippen molar-refractivity contribution >= 4 is 11.9 Å². The SMILES string of the molecule is CCCCC(CC)(CC)COC(=O)/C=C\C(=O)OCC(CC)(CC)CCCC. The summed E-state index contributed by atoms with van der Waals surface area (Å²) in [5.74, 6) is -0.939. The van der Waals surface area contributed by atoms with Gasteiger partial charge in [-0.1, -0.05) is 67.2 Å². The van der Waals surface area contributed by atoms with Crippen LogP contribution in [-0.2, 0) is 19.1 Å². The second kappa shape index (κ2) is 14.6. The Hall–Kier alpha value is -1.32. The Kier molecular flexibility index (Phi) is 14.0. The van der Waals surface area contributed by atoms with Crippen LogP contribution in [-0.4, -0.2) is 25.2 Å². The maximum Gasteiger partial charge on any atom is 0.331 e. The van der Waals surface area contributed by atoms with Gasteiger partial charge in [-0.3, -0.25) is 0 Å². The van der Waals surface area contributed by atoms with Crippen LogP contribution >= 0.6 is 0 Å². The van der Waals surface area contributed by atoms with Gasteiger partial charge in [0, 0.05) is 23.0 Å². The molecule has 0 N–H and O–H groups in total. The lowest BCUT2D eigenvalue weighted by Crippen LogP contribution is -2.27. The molecule has 0 amide bonds. The maximum atomic E-state index is 12.0. The summed E-state index contributed by atoms with van der Waals surface area (Å²) in [5.41, 5.74) is 0.0856. The van der Waals surface area contributed by atoms with Crippen LogP contribution in [0.3, 0.4) is 0 Å². The number of esters is 2. The summed E-state index contributed by atoms with van der Waals surface area (Å²) in [4.78, 5) is 24.1. The number of rotatable bonds is 16. The minimum absolute atomic E-state index is 0.0428. The molecule has 0 heterocycles. The largest absolute Gasteiger partial charge is 0.462 e. The zero-order valence-corrected chi connectivity index (χ0v) is 19.3. The zero-order chi connectivity index (χ0) is 21.5. The average molecular weight is 397 g/mol. The molecule has 4 heteroatoms. The lowest BCUT2D eigenvalue weighted by Gasteiger charge is -2.31. The van der Waals surface area contributed by atoms with E-state index in [0.29, 0.717) is 13.2 Å². The van der Waals surface area contributed by atoms with Crippen molar-refractivity contribution in [1.29, 1.82) is 0 Å². The van der Waals surface area contributed by atoms with Crippen molar-refractivity contribution < 1.29 is 19.1 Å². The summed E-state index contributed by atoms with van der Waals surface area (Å²) in [7, 11) is 0. The van der Waals surface area contributed by atoms with Crippen LogP contribution in [0.5, 0.6) is 0 Å². The Bertz CT molecular complexity index is 417. The second-order valence-electron chi connectivity index (χ2n) is 8.17. The van der Waals surface area contributed by atoms with Gasteiger partial charge in [0.15, 0.2) is 0 Å². The Labute approximate surface area is 173 Å². The van der Waals surface area contributed by atoms with Crippen molar-refractivity contribution in [3.63, 3.8) is 0 Å². The van der Waals surface area contributed by atoms with Crippen LogP contribution < -0.4 is 0 Å². The predicted octanol–water partition coefficient (Wildman–Crippen LogP) is 6.62. The van der Waals surface area contributed by atoms with Gasteiger partial charge in [-0.15, -0.1) is 0 Å². The zero-order valence-electron chi connectivity index (χ0n) is 19.3. The number of carbonyl (C=O) groups is 2. The molecule has 0 radical (unpaired) electrons. The van der Waals surface area contributed by atoms with E-state index in [0.717, 1.165) is 64.2 Å². The smallest absolute Gasteiger partial charge is 0.331 e. The summed E-state index contributed by atoms with van der Waals surface area (Å²) in [5, 5.41) is 0. The third-order valence-electron chi connectivity index (χ3n) is 6.52. The van der Waals surface area contributed by atoms with E-state index in [9.17, 15) is 9.59 Å². The summed E-state index contributed by atoms with van der Waals surface area (Å²) < 4.78 is 10.9. The van der Waals surface area contributed by atoms with Gasteiger partial charge in [0.25, 0.3) is 0 Å². The molecule has 164 valence electrons. The van der Waals surface area contributed by atoms with E-state index in [-0.39, 0.29) is 10.8 Å². The molecule has 0 bridgehead atoms. The molecule has 0 rings (SSSR count). The molecule has 0 saturated carbocycles. The van der Waals surface area contributed by atoms with E-state index in [1.807, 2.05) is 0 Å². The standard InChI is InChI=1S/C24H44O4/c1-7-13-17-23(9-3,10-4)19-27-21(25)15-16-22(26)28-20-24(11-5,12-6)18-14-8-2/h15-16H,7-14,17-20H2,1-6H3/b16-15-. The normalized spacial score (nSPS) is 12.4. The van der Waals surface area contributed by atoms with E-state index >= 15 is 0 Å². The monoisotopic (exact) mass is 396 g/mol. The Balaban J connectivity index is 4.57. The second-order valence-corrected chi connectivity index (χ2v) is 8.17. The van der Waals surface area contributed by atoms with Crippen LogP contribution in [0.15, 0.2) is 12.2 Å². The highest BCUT2D eigenvalue weighted by atomic mass is 16.5. The minimum atomic E-state index is -0.469. The van der Waals surface area contributed by atoms with E-state index in [1.165, 1.54) is 12.2 Å². The minimum Gasteiger partial charge on any atom is -0.462 e. The van der Waals surface area contributed by atoms with Crippen molar-refractivity contribution in [3.8, 4) is 0 Å². The van der Waals surface area contributed by atoms with Crippen molar-refractivity contribution in [3.05, 3.63) is 12.2 Å². The quantitative estimate of drug-likeness (QED) is 0.217. The number of carbonyl (C=O) groups excluding carboxylic acids is 2. The van der Waals surface area contributed by atoms with Crippen LogP contribution in [0.25, 0.3) is 0 Å². The van der Waals surface area contributed by atoms with Crippen LogP contribution in [0.2, 0.25) is 0 Å². The van der Waals surface area contributed by atoms with E-state index in [1.54, 1.807) is 0 Å². The first kappa shape index (κ1) is 26.7. The molecular formula is C24H44O4. The average Bonchev–Trinajstić information content (AvgIpc) is 2.73. The fourth-order valence-corrected chi connectivity index (χ4v) is 3.54. The molecule has 0 aromatic heterocycles. The fraction of sp³-hybridized carbons (Fsp3) is 0.833. The lowest BCUT2D eigenvalue weighted by molar-refractivity contribution is -0.144. The van der Waals surface area contributed by atoms with Crippen LogP contribution in [0, 0.1) is 10.8 Å².